The van der Waals surface area contributed by atoms with Gasteiger partial charge in [-0.2, -0.15) is 0 Å². The molecule has 2 saturated heterocycles. The van der Waals surface area contributed by atoms with Gasteiger partial charge in [-0.3, -0.25) is 14.4 Å². The zero-order valence-corrected chi connectivity index (χ0v) is 22.3. The van der Waals surface area contributed by atoms with Gasteiger partial charge >= 0.3 is 12.1 Å². The van der Waals surface area contributed by atoms with Gasteiger partial charge in [0, 0.05) is 39.1 Å². The number of amides is 3. The quantitative estimate of drug-likeness (QED) is 0.460. The van der Waals surface area contributed by atoms with Crippen LogP contribution in [0.1, 0.15) is 44.1 Å². The number of methoxy groups -OCH3 is 1. The van der Waals surface area contributed by atoms with Crippen molar-refractivity contribution in [1.82, 2.24) is 15.1 Å². The van der Waals surface area contributed by atoms with E-state index in [9.17, 15) is 19.2 Å². The number of rotatable bonds is 9. The number of piperidine rings is 2. The predicted molar refractivity (Wildman–Crippen MR) is 140 cm³/mol. The fraction of sp³-hybridized carbons (Fsp3) is 0.615. The minimum absolute atomic E-state index is 0. The maximum absolute atomic E-state index is 12.8. The molecule has 3 N–H and O–H groups in total. The monoisotopic (exact) mass is 538 g/mol. The molecule has 3 rings (SSSR count). The van der Waals surface area contributed by atoms with Gasteiger partial charge in [0.1, 0.15) is 12.6 Å². The molecule has 1 aromatic carbocycles. The van der Waals surface area contributed by atoms with Crippen LogP contribution in [0.2, 0.25) is 0 Å². The molecule has 0 unspecified atom stereocenters. The second-order valence-corrected chi connectivity index (χ2v) is 9.56. The van der Waals surface area contributed by atoms with E-state index < -0.39 is 12.0 Å². The van der Waals surface area contributed by atoms with Gasteiger partial charge < -0.3 is 30.3 Å². The predicted octanol–water partition coefficient (Wildman–Crippen LogP) is 2.09. The molecule has 2 heterocycles. The van der Waals surface area contributed by atoms with Gasteiger partial charge in [-0.15, -0.1) is 12.4 Å². The standard InChI is InChI=1S/C26H38N4O6.ClH/c1-35-25(33)22(27)16-28-24(32)21-8-5-13-30(17-21)23(31)10-9-19-11-14-29(15-12-19)26(34)36-18-20-6-3-2-4-7-20;/h2-4,6-7,19,21-22H,5,8-18,27H2,1H3,(H,28,32);1H/t21-,22-;/m1./s1. The van der Waals surface area contributed by atoms with Crippen LogP contribution < -0.4 is 11.1 Å². The molecule has 2 fully saturated rings. The molecule has 0 bridgehead atoms. The fourth-order valence-electron chi connectivity index (χ4n) is 4.71. The van der Waals surface area contributed by atoms with Crippen molar-refractivity contribution < 1.29 is 28.7 Å². The molecule has 0 aliphatic carbocycles. The molecular formula is C26H39ClN4O6. The highest BCUT2D eigenvalue weighted by molar-refractivity contribution is 5.85. The minimum atomic E-state index is -0.905. The Balaban J connectivity index is 0.00000481. The van der Waals surface area contributed by atoms with Crippen molar-refractivity contribution in [3.05, 3.63) is 35.9 Å². The van der Waals surface area contributed by atoms with E-state index >= 15 is 0 Å². The summed E-state index contributed by atoms with van der Waals surface area (Å²) in [6, 6.07) is 8.70. The Hall–Kier alpha value is -2.85. The summed E-state index contributed by atoms with van der Waals surface area (Å²) in [5, 5.41) is 2.70. The van der Waals surface area contributed by atoms with Crippen LogP contribution in [0.5, 0.6) is 0 Å². The van der Waals surface area contributed by atoms with Crippen LogP contribution >= 0.6 is 12.4 Å². The van der Waals surface area contributed by atoms with Crippen molar-refractivity contribution in [3.8, 4) is 0 Å². The van der Waals surface area contributed by atoms with Crippen LogP contribution in [0.3, 0.4) is 0 Å². The molecule has 206 valence electrons. The Morgan fingerprint density at radius 2 is 1.76 bits per heavy atom. The van der Waals surface area contributed by atoms with Crippen LogP contribution in [0, 0.1) is 11.8 Å². The average molecular weight is 539 g/mol. The maximum atomic E-state index is 12.8. The summed E-state index contributed by atoms with van der Waals surface area (Å²) in [5.41, 5.74) is 6.63. The fourth-order valence-corrected chi connectivity index (χ4v) is 4.71. The number of carbonyl (C=O) groups excluding carboxylic acids is 4. The van der Waals surface area contributed by atoms with E-state index in [0.717, 1.165) is 31.2 Å². The number of nitrogens with two attached hydrogens (primary N) is 1. The number of carbonyl (C=O) groups is 4. The molecule has 3 amide bonds. The van der Waals surface area contributed by atoms with Crippen molar-refractivity contribution >= 4 is 36.3 Å². The van der Waals surface area contributed by atoms with Gasteiger partial charge in [0.15, 0.2) is 0 Å². The first-order chi connectivity index (χ1) is 17.4. The lowest BCUT2D eigenvalue weighted by atomic mass is 9.91. The zero-order chi connectivity index (χ0) is 25.9. The number of hydrogen-bond acceptors (Lipinski definition) is 7. The summed E-state index contributed by atoms with van der Waals surface area (Å²) in [5.74, 6) is -0.638. The molecule has 2 atom stereocenters. The minimum Gasteiger partial charge on any atom is -0.468 e. The highest BCUT2D eigenvalue weighted by Crippen LogP contribution is 2.24. The average Bonchev–Trinajstić information content (AvgIpc) is 2.93. The number of likely N-dealkylation sites (tertiary alicyclic amines) is 2. The van der Waals surface area contributed by atoms with Crippen molar-refractivity contribution in [2.24, 2.45) is 17.6 Å². The molecule has 0 radical (unpaired) electrons. The SMILES string of the molecule is COC(=O)[C@H](N)CNC(=O)[C@@H]1CCCN(C(=O)CCC2CCN(C(=O)OCc3ccccc3)CC2)C1.Cl. The third-order valence-corrected chi connectivity index (χ3v) is 6.99. The van der Waals surface area contributed by atoms with Crippen LogP contribution in [-0.4, -0.2) is 79.6 Å². The Labute approximate surface area is 224 Å². The van der Waals surface area contributed by atoms with Gasteiger partial charge in [-0.05, 0) is 43.6 Å². The smallest absolute Gasteiger partial charge is 0.410 e. The Bertz CT molecular complexity index is 894. The number of esters is 1. The molecule has 2 aliphatic rings. The molecule has 10 nitrogen and oxygen atoms in total. The summed E-state index contributed by atoms with van der Waals surface area (Å²) in [7, 11) is 1.25. The number of ether oxygens (including phenoxy) is 2. The second kappa shape index (κ2) is 15.4. The van der Waals surface area contributed by atoms with Crippen LogP contribution in [-0.2, 0) is 30.5 Å². The molecule has 0 aromatic heterocycles. The number of nitrogens with zero attached hydrogens (tertiary/aromatic N) is 2. The van der Waals surface area contributed by atoms with Crippen molar-refractivity contribution in [3.63, 3.8) is 0 Å². The summed E-state index contributed by atoms with van der Waals surface area (Å²) in [4.78, 5) is 52.6. The van der Waals surface area contributed by atoms with Crippen LogP contribution in [0.25, 0.3) is 0 Å². The van der Waals surface area contributed by atoms with E-state index in [4.69, 9.17) is 10.5 Å². The molecule has 37 heavy (non-hydrogen) atoms. The maximum Gasteiger partial charge on any atom is 0.410 e. The van der Waals surface area contributed by atoms with Gasteiger partial charge in [0.2, 0.25) is 11.8 Å². The van der Waals surface area contributed by atoms with E-state index in [-0.39, 0.29) is 49.4 Å². The first-order valence-electron chi connectivity index (χ1n) is 12.7. The van der Waals surface area contributed by atoms with E-state index in [1.54, 1.807) is 9.80 Å². The molecule has 0 saturated carbocycles. The molecule has 1 aromatic rings. The van der Waals surface area contributed by atoms with E-state index in [0.29, 0.717) is 44.9 Å². The van der Waals surface area contributed by atoms with E-state index in [1.165, 1.54) is 7.11 Å². The van der Waals surface area contributed by atoms with Gasteiger partial charge in [0.05, 0.1) is 13.0 Å². The van der Waals surface area contributed by atoms with Crippen LogP contribution in [0.4, 0.5) is 4.79 Å². The van der Waals surface area contributed by atoms with Gasteiger partial charge in [-0.25, -0.2) is 4.79 Å². The van der Waals surface area contributed by atoms with Crippen molar-refractivity contribution in [2.45, 2.75) is 51.2 Å². The summed E-state index contributed by atoms with van der Waals surface area (Å²) >= 11 is 0. The summed E-state index contributed by atoms with van der Waals surface area (Å²) < 4.78 is 9.99. The van der Waals surface area contributed by atoms with Gasteiger partial charge in [0.25, 0.3) is 0 Å². The number of halogens is 1. The Kier molecular flexibility index (Phi) is 12.7. The lowest BCUT2D eigenvalue weighted by Gasteiger charge is -2.34. The topological polar surface area (TPSA) is 131 Å². The largest absolute Gasteiger partial charge is 0.468 e. The summed E-state index contributed by atoms with van der Waals surface area (Å²) in [6.45, 7) is 2.56. The molecule has 2 aliphatic heterocycles. The zero-order valence-electron chi connectivity index (χ0n) is 21.4. The lowest BCUT2D eigenvalue weighted by molar-refractivity contribution is -0.142. The lowest BCUT2D eigenvalue weighted by Crippen LogP contribution is -2.49. The molecule has 11 heteroatoms. The van der Waals surface area contributed by atoms with E-state index in [2.05, 4.69) is 10.1 Å². The van der Waals surface area contributed by atoms with Crippen molar-refractivity contribution in [1.29, 1.82) is 0 Å². The highest BCUT2D eigenvalue weighted by atomic mass is 35.5. The highest BCUT2D eigenvalue weighted by Gasteiger charge is 2.30. The first-order valence-corrected chi connectivity index (χ1v) is 12.7. The third kappa shape index (κ3) is 9.51. The molecule has 0 spiro atoms. The molecular weight excluding hydrogens is 500 g/mol. The number of nitrogens with one attached hydrogen (secondary N) is 1. The first kappa shape index (κ1) is 30.4. The number of hydrogen-bond donors (Lipinski definition) is 2. The summed E-state index contributed by atoms with van der Waals surface area (Å²) in [6.07, 6.45) is 4.06. The normalized spacial score (nSPS) is 18.8. The van der Waals surface area contributed by atoms with Crippen LogP contribution in [0.15, 0.2) is 30.3 Å². The number of benzene rings is 1. The second-order valence-electron chi connectivity index (χ2n) is 9.56. The van der Waals surface area contributed by atoms with Gasteiger partial charge in [-0.1, -0.05) is 30.3 Å². The third-order valence-electron chi connectivity index (χ3n) is 6.99. The Morgan fingerprint density at radius 3 is 2.43 bits per heavy atom. The van der Waals surface area contributed by atoms with E-state index in [1.807, 2.05) is 30.3 Å². The Morgan fingerprint density at radius 1 is 1.05 bits per heavy atom. The van der Waals surface area contributed by atoms with Crippen molar-refractivity contribution in [2.75, 3.05) is 39.8 Å².